The van der Waals surface area contributed by atoms with Crippen LogP contribution in [0.2, 0.25) is 0 Å². The van der Waals surface area contributed by atoms with E-state index in [1.165, 1.54) is 0 Å². The molecule has 3 heterocycles. The number of nitrogens with two attached hydrogens (primary N) is 1. The Morgan fingerprint density at radius 2 is 1.94 bits per heavy atom. The number of aromatic nitrogens is 4. The van der Waals surface area contributed by atoms with Gasteiger partial charge in [-0.1, -0.05) is 19.8 Å². The molecule has 0 bridgehead atoms. The highest BCUT2D eigenvalue weighted by Crippen LogP contribution is 2.26. The van der Waals surface area contributed by atoms with E-state index in [1.807, 2.05) is 11.5 Å². The number of piperidine rings is 1. The lowest BCUT2D eigenvalue weighted by atomic mass is 9.94. The second-order valence-electron chi connectivity index (χ2n) is 8.89. The summed E-state index contributed by atoms with van der Waals surface area (Å²) in [5, 5.41) is 0. The average Bonchev–Trinajstić information content (AvgIpc) is 3.17. The first-order chi connectivity index (χ1) is 16.5. The molecule has 190 valence electrons. The molecule has 2 N–H and O–H groups in total. The number of carbonyl (C=O) groups is 1. The van der Waals surface area contributed by atoms with Gasteiger partial charge in [0.25, 0.3) is 6.01 Å². The summed E-state index contributed by atoms with van der Waals surface area (Å²) in [5.74, 6) is 0.642. The normalized spacial score (nSPS) is 16.6. The van der Waals surface area contributed by atoms with E-state index in [-0.39, 0.29) is 12.0 Å². The summed E-state index contributed by atoms with van der Waals surface area (Å²) in [6.45, 7) is 8.85. The SMILES string of the molecule is CCCCOc1nc(N)c2nc(OC)n(CCCCCN3CCCC(CC(=O)OCC)C3)c2n1. The largest absolute Gasteiger partial charge is 0.468 e. The van der Waals surface area contributed by atoms with Crippen molar-refractivity contribution >= 4 is 23.0 Å². The molecule has 1 saturated heterocycles. The zero-order valence-corrected chi connectivity index (χ0v) is 20.9. The standard InChI is InChI=1S/C24H40N6O4/c1-4-6-15-34-23-27-21(25)20-22(28-23)30(24(26-20)32-3)14-9-7-8-12-29-13-10-11-18(17-29)16-19(31)33-5-2/h18H,4-17H2,1-3H3,(H2,25,27,28). The Balaban J connectivity index is 1.50. The summed E-state index contributed by atoms with van der Waals surface area (Å²) in [7, 11) is 1.60. The molecule has 0 amide bonds. The Labute approximate surface area is 202 Å². The predicted molar refractivity (Wildman–Crippen MR) is 131 cm³/mol. The first kappa shape index (κ1) is 26.0. The molecule has 0 aromatic carbocycles. The second kappa shape index (κ2) is 13.3. The van der Waals surface area contributed by atoms with Gasteiger partial charge in [-0.15, -0.1) is 0 Å². The number of esters is 1. The maximum Gasteiger partial charge on any atom is 0.320 e. The minimum Gasteiger partial charge on any atom is -0.468 e. The molecule has 1 aliphatic rings. The van der Waals surface area contributed by atoms with Crippen LogP contribution in [-0.4, -0.2) is 70.3 Å². The molecule has 34 heavy (non-hydrogen) atoms. The van der Waals surface area contributed by atoms with Crippen molar-refractivity contribution in [2.45, 2.75) is 71.8 Å². The number of aryl methyl sites for hydroxylation is 1. The molecule has 0 saturated carbocycles. The van der Waals surface area contributed by atoms with Gasteiger partial charge in [0, 0.05) is 19.5 Å². The van der Waals surface area contributed by atoms with Crippen LogP contribution in [0, 0.1) is 5.92 Å². The topological polar surface area (TPSA) is 118 Å². The van der Waals surface area contributed by atoms with Crippen molar-refractivity contribution in [2.75, 3.05) is 45.7 Å². The van der Waals surface area contributed by atoms with E-state index in [9.17, 15) is 4.79 Å². The van der Waals surface area contributed by atoms with E-state index in [2.05, 4.69) is 26.8 Å². The van der Waals surface area contributed by atoms with Crippen molar-refractivity contribution in [3.8, 4) is 12.0 Å². The average molecular weight is 477 g/mol. The molecule has 0 spiro atoms. The smallest absolute Gasteiger partial charge is 0.320 e. The van der Waals surface area contributed by atoms with Crippen molar-refractivity contribution in [1.82, 2.24) is 24.4 Å². The third-order valence-electron chi connectivity index (χ3n) is 6.20. The van der Waals surface area contributed by atoms with Gasteiger partial charge in [-0.25, -0.2) is 0 Å². The first-order valence-corrected chi connectivity index (χ1v) is 12.6. The molecule has 0 radical (unpaired) electrons. The number of unbranched alkanes of at least 4 members (excludes halogenated alkanes) is 3. The van der Waals surface area contributed by atoms with Gasteiger partial charge >= 0.3 is 12.0 Å². The highest BCUT2D eigenvalue weighted by molar-refractivity contribution is 5.83. The van der Waals surface area contributed by atoms with Gasteiger partial charge in [0.15, 0.2) is 17.0 Å². The van der Waals surface area contributed by atoms with Crippen LogP contribution in [0.1, 0.15) is 65.2 Å². The van der Waals surface area contributed by atoms with Gasteiger partial charge in [-0.2, -0.15) is 15.0 Å². The van der Waals surface area contributed by atoms with E-state index in [0.717, 1.165) is 71.1 Å². The third-order valence-corrected chi connectivity index (χ3v) is 6.20. The lowest BCUT2D eigenvalue weighted by molar-refractivity contribution is -0.144. The minimum absolute atomic E-state index is 0.0702. The lowest BCUT2D eigenvalue weighted by Gasteiger charge is -2.32. The molecule has 1 fully saturated rings. The summed E-state index contributed by atoms with van der Waals surface area (Å²) in [4.78, 5) is 27.5. The van der Waals surface area contributed by atoms with Crippen LogP contribution in [0.3, 0.4) is 0 Å². The first-order valence-electron chi connectivity index (χ1n) is 12.6. The fraction of sp³-hybridized carbons (Fsp3) is 0.750. The van der Waals surface area contributed by atoms with Gasteiger partial charge < -0.3 is 24.8 Å². The summed E-state index contributed by atoms with van der Waals surface area (Å²) < 4.78 is 18.2. The Bertz CT molecular complexity index is 918. The maximum absolute atomic E-state index is 11.8. The van der Waals surface area contributed by atoms with Gasteiger partial charge in [-0.05, 0) is 58.0 Å². The van der Waals surface area contributed by atoms with E-state index in [0.29, 0.717) is 48.5 Å². The molecule has 3 rings (SSSR count). The third kappa shape index (κ3) is 7.19. The van der Waals surface area contributed by atoms with Crippen LogP contribution in [0.25, 0.3) is 11.2 Å². The van der Waals surface area contributed by atoms with Crippen molar-refractivity contribution in [3.05, 3.63) is 0 Å². The van der Waals surface area contributed by atoms with E-state index in [4.69, 9.17) is 19.9 Å². The van der Waals surface area contributed by atoms with Gasteiger partial charge in [0.1, 0.15) is 0 Å². The Morgan fingerprint density at radius 3 is 2.71 bits per heavy atom. The van der Waals surface area contributed by atoms with Gasteiger partial charge in [0.2, 0.25) is 0 Å². The number of nitrogen functional groups attached to an aromatic ring is 1. The number of nitrogens with zero attached hydrogens (tertiary/aromatic N) is 5. The van der Waals surface area contributed by atoms with Crippen LogP contribution in [0.4, 0.5) is 5.82 Å². The highest BCUT2D eigenvalue weighted by Gasteiger charge is 2.22. The summed E-state index contributed by atoms with van der Waals surface area (Å²) in [6, 6.07) is 0.768. The van der Waals surface area contributed by atoms with Crippen molar-refractivity contribution in [3.63, 3.8) is 0 Å². The van der Waals surface area contributed by atoms with E-state index < -0.39 is 0 Å². The van der Waals surface area contributed by atoms with Gasteiger partial charge in [0.05, 0.1) is 20.3 Å². The van der Waals surface area contributed by atoms with E-state index in [1.54, 1.807) is 7.11 Å². The quantitative estimate of drug-likeness (QED) is 0.323. The number of likely N-dealkylation sites (tertiary alicyclic amines) is 1. The fourth-order valence-electron chi connectivity index (χ4n) is 4.47. The van der Waals surface area contributed by atoms with Gasteiger partial charge in [-0.3, -0.25) is 9.36 Å². The Hall–Kier alpha value is -2.62. The number of ether oxygens (including phenoxy) is 3. The van der Waals surface area contributed by atoms with Crippen LogP contribution < -0.4 is 15.2 Å². The Morgan fingerprint density at radius 1 is 1.12 bits per heavy atom. The highest BCUT2D eigenvalue weighted by atomic mass is 16.5. The van der Waals surface area contributed by atoms with Crippen LogP contribution in [-0.2, 0) is 16.1 Å². The lowest BCUT2D eigenvalue weighted by Crippen LogP contribution is -2.37. The number of hydrogen-bond donors (Lipinski definition) is 1. The molecule has 1 atom stereocenters. The number of carbonyl (C=O) groups excluding carboxylic acids is 1. The number of hydrogen-bond acceptors (Lipinski definition) is 9. The zero-order chi connectivity index (χ0) is 24.3. The van der Waals surface area contributed by atoms with Crippen molar-refractivity contribution in [2.24, 2.45) is 5.92 Å². The van der Waals surface area contributed by atoms with Crippen LogP contribution in [0.15, 0.2) is 0 Å². The number of methoxy groups -OCH3 is 1. The fourth-order valence-corrected chi connectivity index (χ4v) is 4.47. The number of fused-ring (bicyclic) bond motifs is 1. The summed E-state index contributed by atoms with van der Waals surface area (Å²) >= 11 is 0. The van der Waals surface area contributed by atoms with Crippen LogP contribution in [0.5, 0.6) is 12.0 Å². The minimum atomic E-state index is -0.0702. The zero-order valence-electron chi connectivity index (χ0n) is 20.9. The molecule has 2 aromatic heterocycles. The summed E-state index contributed by atoms with van der Waals surface area (Å²) in [6.07, 6.45) is 7.90. The molecule has 10 nitrogen and oxygen atoms in total. The number of imidazole rings is 1. The molecule has 1 aliphatic heterocycles. The second-order valence-corrected chi connectivity index (χ2v) is 8.89. The Kier molecular flexibility index (Phi) is 10.2. The molecular weight excluding hydrogens is 436 g/mol. The molecule has 0 aliphatic carbocycles. The van der Waals surface area contributed by atoms with Crippen molar-refractivity contribution in [1.29, 1.82) is 0 Å². The predicted octanol–water partition coefficient (Wildman–Crippen LogP) is 3.43. The maximum atomic E-state index is 11.8. The van der Waals surface area contributed by atoms with Crippen molar-refractivity contribution < 1.29 is 19.0 Å². The molecular formula is C24H40N6O4. The monoisotopic (exact) mass is 476 g/mol. The van der Waals surface area contributed by atoms with Crippen LogP contribution >= 0.6 is 0 Å². The number of rotatable bonds is 14. The molecule has 10 heteroatoms. The molecule has 1 unspecified atom stereocenters. The van der Waals surface area contributed by atoms with E-state index >= 15 is 0 Å². The number of anilines is 1. The summed E-state index contributed by atoms with van der Waals surface area (Å²) in [5.41, 5.74) is 7.31. The molecule has 2 aromatic rings.